The van der Waals surface area contributed by atoms with Crippen molar-refractivity contribution in [2.75, 3.05) is 0 Å². The molecule has 6 nitrogen and oxygen atoms in total. The van der Waals surface area contributed by atoms with Crippen molar-refractivity contribution in [1.29, 1.82) is 0 Å². The van der Waals surface area contributed by atoms with Crippen molar-refractivity contribution in [3.05, 3.63) is 12.4 Å². The van der Waals surface area contributed by atoms with Crippen LogP contribution in [-0.4, -0.2) is 31.7 Å². The van der Waals surface area contributed by atoms with E-state index in [0.717, 1.165) is 0 Å². The Morgan fingerprint density at radius 2 is 2.40 bits per heavy atom. The average Bonchev–Trinajstić information content (AvgIpc) is 2.36. The molecule has 0 fully saturated rings. The summed E-state index contributed by atoms with van der Waals surface area (Å²) in [5.74, 6) is -1.06. The molecule has 6 heteroatoms. The number of hydrogen-bond acceptors (Lipinski definition) is 4. The van der Waals surface area contributed by atoms with E-state index in [1.807, 2.05) is 0 Å². The van der Waals surface area contributed by atoms with Crippen molar-refractivity contribution >= 4 is 11.5 Å². The molecule has 0 bridgehead atoms. The molecule has 1 aromatic rings. The first-order valence-corrected chi connectivity index (χ1v) is 2.38. The Morgan fingerprint density at radius 1 is 1.70 bits per heavy atom. The number of carboxylic acid groups (broad SMARTS) is 1. The van der Waals surface area contributed by atoms with Gasteiger partial charge < -0.3 is 5.11 Å². The van der Waals surface area contributed by atoms with E-state index in [9.17, 15) is 4.79 Å². The molecule has 52 valence electrons. The van der Waals surface area contributed by atoms with Gasteiger partial charge in [0.05, 0.1) is 5.57 Å². The molecule has 0 aliphatic heterocycles. The van der Waals surface area contributed by atoms with E-state index in [0.29, 0.717) is 0 Å². The number of hydrogen-bond donors (Lipinski definition) is 2. The van der Waals surface area contributed by atoms with Crippen molar-refractivity contribution in [1.82, 2.24) is 20.6 Å². The van der Waals surface area contributed by atoms with Gasteiger partial charge in [0.15, 0.2) is 5.82 Å². The third kappa shape index (κ3) is 0.993. The van der Waals surface area contributed by atoms with Crippen LogP contribution in [0.2, 0.25) is 0 Å². The molecule has 0 amide bonds. The van der Waals surface area contributed by atoms with Crippen LogP contribution in [0.3, 0.4) is 0 Å². The van der Waals surface area contributed by atoms with Crippen LogP contribution >= 0.6 is 0 Å². The second kappa shape index (κ2) is 2.26. The fraction of sp³-hybridized carbons (Fsp3) is 0. The second-order valence-electron chi connectivity index (χ2n) is 1.53. The van der Waals surface area contributed by atoms with Crippen LogP contribution < -0.4 is 0 Å². The zero-order valence-corrected chi connectivity index (χ0v) is 4.90. The number of H-pyrrole nitrogens is 1. The highest BCUT2D eigenvalue weighted by Crippen LogP contribution is 2.01. The van der Waals surface area contributed by atoms with E-state index in [1.54, 1.807) is 0 Å². The molecule has 0 aliphatic carbocycles. The summed E-state index contributed by atoms with van der Waals surface area (Å²) in [7, 11) is 0. The molecule has 10 heavy (non-hydrogen) atoms. The molecule has 0 aliphatic rings. The van der Waals surface area contributed by atoms with E-state index >= 15 is 0 Å². The zero-order valence-electron chi connectivity index (χ0n) is 4.90. The lowest BCUT2D eigenvalue weighted by atomic mass is 10.3. The van der Waals surface area contributed by atoms with Crippen LogP contribution in [0.15, 0.2) is 6.58 Å². The highest BCUT2D eigenvalue weighted by molar-refractivity contribution is 6.12. The Labute approximate surface area is 55.6 Å². The number of aliphatic carboxylic acids is 1. The molecule has 1 heterocycles. The number of carbonyl (C=O) groups is 1. The highest BCUT2D eigenvalue weighted by Gasteiger charge is 2.09. The van der Waals surface area contributed by atoms with E-state index in [4.69, 9.17) is 5.11 Å². The molecule has 0 spiro atoms. The summed E-state index contributed by atoms with van der Waals surface area (Å²) in [5, 5.41) is 20.3. The van der Waals surface area contributed by atoms with Gasteiger partial charge in [-0.2, -0.15) is 0 Å². The Hall–Kier alpha value is -1.72. The third-order valence-corrected chi connectivity index (χ3v) is 0.889. The topological polar surface area (TPSA) is 91.8 Å². The van der Waals surface area contributed by atoms with Gasteiger partial charge >= 0.3 is 5.97 Å². The predicted molar refractivity (Wildman–Crippen MR) is 30.8 cm³/mol. The van der Waals surface area contributed by atoms with Crippen molar-refractivity contribution in [3.8, 4) is 0 Å². The summed E-state index contributed by atoms with van der Waals surface area (Å²) in [6, 6.07) is 0. The molecule has 0 unspecified atom stereocenters. The monoisotopic (exact) mass is 140 g/mol. The van der Waals surface area contributed by atoms with E-state index < -0.39 is 5.97 Å². The Balaban J connectivity index is 2.88. The Morgan fingerprint density at radius 3 is 2.80 bits per heavy atom. The summed E-state index contributed by atoms with van der Waals surface area (Å²) in [6.45, 7) is 3.22. The Kier molecular flexibility index (Phi) is 1.44. The first-order valence-electron chi connectivity index (χ1n) is 2.38. The Bertz CT molecular complexity index is 252. The number of nitrogens with zero attached hydrogens (tertiary/aromatic N) is 3. The maximum absolute atomic E-state index is 10.2. The zero-order chi connectivity index (χ0) is 7.56. The number of aromatic nitrogens is 4. The van der Waals surface area contributed by atoms with E-state index in [-0.39, 0.29) is 11.4 Å². The van der Waals surface area contributed by atoms with Gasteiger partial charge in [-0.25, -0.2) is 9.89 Å². The lowest BCUT2D eigenvalue weighted by molar-refractivity contribution is -0.130. The molecular formula is C4H4N4O2. The van der Waals surface area contributed by atoms with Crippen LogP contribution in [0.5, 0.6) is 0 Å². The lowest BCUT2D eigenvalue weighted by Gasteiger charge is -1.88. The lowest BCUT2D eigenvalue weighted by Crippen LogP contribution is -1.99. The minimum absolute atomic E-state index is 0.0764. The van der Waals surface area contributed by atoms with E-state index in [2.05, 4.69) is 27.2 Å². The van der Waals surface area contributed by atoms with Gasteiger partial charge in [-0.05, 0) is 10.4 Å². The van der Waals surface area contributed by atoms with Gasteiger partial charge in [-0.3, -0.25) is 0 Å². The van der Waals surface area contributed by atoms with Crippen LogP contribution in [0.1, 0.15) is 5.82 Å². The summed E-state index contributed by atoms with van der Waals surface area (Å²) in [5.41, 5.74) is -0.148. The van der Waals surface area contributed by atoms with Crippen molar-refractivity contribution < 1.29 is 9.90 Å². The van der Waals surface area contributed by atoms with Crippen molar-refractivity contribution in [2.24, 2.45) is 0 Å². The number of aromatic amines is 1. The van der Waals surface area contributed by atoms with Crippen LogP contribution in [0, 0.1) is 0 Å². The normalized spacial score (nSPS) is 9.20. The molecule has 2 N–H and O–H groups in total. The molecule has 1 rings (SSSR count). The largest absolute Gasteiger partial charge is 0.478 e. The van der Waals surface area contributed by atoms with Gasteiger partial charge in [0, 0.05) is 0 Å². The molecular weight excluding hydrogens is 136 g/mol. The number of tetrazole rings is 1. The molecule has 0 aromatic carbocycles. The average molecular weight is 140 g/mol. The molecule has 0 saturated carbocycles. The van der Waals surface area contributed by atoms with Crippen molar-refractivity contribution in [2.45, 2.75) is 0 Å². The highest BCUT2D eigenvalue weighted by atomic mass is 16.4. The number of carboxylic acids is 1. The fourth-order valence-electron chi connectivity index (χ4n) is 0.388. The van der Waals surface area contributed by atoms with Gasteiger partial charge in [0.1, 0.15) is 0 Å². The number of nitrogens with one attached hydrogen (secondary N) is 1. The summed E-state index contributed by atoms with van der Waals surface area (Å²) in [6.07, 6.45) is 0. The minimum atomic E-state index is -1.14. The smallest absolute Gasteiger partial charge is 0.338 e. The van der Waals surface area contributed by atoms with Crippen molar-refractivity contribution in [3.63, 3.8) is 0 Å². The predicted octanol–water partition coefficient (Wildman–Crippen LogP) is -0.703. The van der Waals surface area contributed by atoms with Gasteiger partial charge in [-0.1, -0.05) is 6.58 Å². The van der Waals surface area contributed by atoms with Gasteiger partial charge in [0.25, 0.3) is 0 Å². The maximum atomic E-state index is 10.2. The number of rotatable bonds is 2. The van der Waals surface area contributed by atoms with Crippen LogP contribution in [-0.2, 0) is 4.79 Å². The van der Waals surface area contributed by atoms with Gasteiger partial charge in [-0.15, -0.1) is 5.10 Å². The molecule has 0 radical (unpaired) electrons. The molecule has 1 aromatic heterocycles. The maximum Gasteiger partial charge on any atom is 0.338 e. The minimum Gasteiger partial charge on any atom is -0.478 e. The summed E-state index contributed by atoms with van der Waals surface area (Å²) < 4.78 is 0. The molecule has 0 atom stereocenters. The second-order valence-corrected chi connectivity index (χ2v) is 1.53. The third-order valence-electron chi connectivity index (χ3n) is 0.889. The van der Waals surface area contributed by atoms with Crippen LogP contribution in [0.4, 0.5) is 0 Å². The van der Waals surface area contributed by atoms with Crippen LogP contribution in [0.25, 0.3) is 5.57 Å². The first kappa shape index (κ1) is 6.40. The molecule has 0 saturated heterocycles. The summed E-state index contributed by atoms with van der Waals surface area (Å²) in [4.78, 5) is 10.2. The fourth-order valence-corrected chi connectivity index (χ4v) is 0.388. The standard InChI is InChI=1S/C4H4N4O2/c1-2(4(9)10)3-5-7-8-6-3/h1H2,(H,9,10)(H,5,6,7,8). The van der Waals surface area contributed by atoms with E-state index in [1.165, 1.54) is 0 Å². The summed E-state index contributed by atoms with van der Waals surface area (Å²) >= 11 is 0. The SMILES string of the molecule is C=C(C(=O)O)c1nnn[nH]1. The quantitative estimate of drug-likeness (QED) is 0.530. The van der Waals surface area contributed by atoms with Gasteiger partial charge in [0.2, 0.25) is 0 Å². The first-order chi connectivity index (χ1) is 4.72.